The quantitative estimate of drug-likeness (QED) is 0.877. The maximum Gasteiger partial charge on any atom is 0.0399 e. The van der Waals surface area contributed by atoms with Crippen molar-refractivity contribution < 1.29 is 0 Å². The van der Waals surface area contributed by atoms with Crippen LogP contribution in [0.1, 0.15) is 30.5 Å². The molecule has 106 valence electrons. The molecular formula is C16H27N3. The highest BCUT2D eigenvalue weighted by atomic mass is 15.2. The number of anilines is 1. The van der Waals surface area contributed by atoms with Crippen molar-refractivity contribution in [2.75, 3.05) is 45.7 Å². The van der Waals surface area contributed by atoms with Crippen molar-refractivity contribution in [3.05, 3.63) is 29.3 Å². The molecule has 3 heteroatoms. The van der Waals surface area contributed by atoms with Crippen molar-refractivity contribution in [1.82, 2.24) is 10.2 Å². The summed E-state index contributed by atoms with van der Waals surface area (Å²) in [5, 5.41) is 3.32. The van der Waals surface area contributed by atoms with Gasteiger partial charge >= 0.3 is 0 Å². The molecule has 19 heavy (non-hydrogen) atoms. The molecule has 1 unspecified atom stereocenters. The zero-order valence-corrected chi connectivity index (χ0v) is 12.7. The van der Waals surface area contributed by atoms with E-state index in [9.17, 15) is 0 Å². The summed E-state index contributed by atoms with van der Waals surface area (Å²) in [4.78, 5) is 4.79. The second-order valence-electron chi connectivity index (χ2n) is 5.79. The molecule has 1 atom stereocenters. The first-order chi connectivity index (χ1) is 9.11. The Morgan fingerprint density at radius 1 is 1.37 bits per heavy atom. The number of nitrogens with zero attached hydrogens (tertiary/aromatic N) is 2. The molecule has 0 fully saturated rings. The minimum Gasteiger partial charge on any atom is -0.370 e. The van der Waals surface area contributed by atoms with E-state index >= 15 is 0 Å². The van der Waals surface area contributed by atoms with Crippen molar-refractivity contribution in [2.24, 2.45) is 0 Å². The van der Waals surface area contributed by atoms with Gasteiger partial charge in [-0.2, -0.15) is 0 Å². The molecule has 0 bridgehead atoms. The lowest BCUT2D eigenvalue weighted by atomic mass is 9.97. The highest BCUT2D eigenvalue weighted by Crippen LogP contribution is 2.29. The van der Waals surface area contributed by atoms with Gasteiger partial charge in [0.1, 0.15) is 0 Å². The molecule has 0 amide bonds. The van der Waals surface area contributed by atoms with Gasteiger partial charge in [-0.1, -0.05) is 12.1 Å². The van der Waals surface area contributed by atoms with E-state index in [-0.39, 0.29) is 0 Å². The summed E-state index contributed by atoms with van der Waals surface area (Å²) in [7, 11) is 6.30. The average Bonchev–Trinajstić information content (AvgIpc) is 2.43. The Labute approximate surface area is 117 Å². The summed E-state index contributed by atoms with van der Waals surface area (Å²) in [5.74, 6) is 0. The van der Waals surface area contributed by atoms with Gasteiger partial charge in [-0.05, 0) is 58.1 Å². The number of hydrogen-bond acceptors (Lipinski definition) is 3. The average molecular weight is 261 g/mol. The van der Waals surface area contributed by atoms with Gasteiger partial charge in [-0.15, -0.1) is 0 Å². The van der Waals surface area contributed by atoms with E-state index in [1.807, 2.05) is 7.05 Å². The third-order valence-corrected chi connectivity index (χ3v) is 4.07. The Kier molecular flexibility index (Phi) is 4.83. The lowest BCUT2D eigenvalue weighted by molar-refractivity contribution is 0.411. The molecule has 1 heterocycles. The molecule has 0 radical (unpaired) electrons. The van der Waals surface area contributed by atoms with Gasteiger partial charge in [0.2, 0.25) is 0 Å². The molecule has 0 saturated carbocycles. The maximum absolute atomic E-state index is 3.32. The summed E-state index contributed by atoms with van der Waals surface area (Å²) in [6.07, 6.45) is 2.50. The molecular weight excluding hydrogens is 234 g/mol. The number of nitrogens with one attached hydrogen (secondary N) is 1. The lowest BCUT2D eigenvalue weighted by Gasteiger charge is -2.33. The zero-order valence-electron chi connectivity index (χ0n) is 12.7. The molecule has 0 spiro atoms. The lowest BCUT2D eigenvalue weighted by Crippen LogP contribution is -2.35. The second-order valence-corrected chi connectivity index (χ2v) is 5.79. The summed E-state index contributed by atoms with van der Waals surface area (Å²) in [5.41, 5.74) is 4.36. The number of fused-ring (bicyclic) bond motifs is 1. The van der Waals surface area contributed by atoms with Crippen LogP contribution in [0.2, 0.25) is 0 Å². The number of likely N-dealkylation sites (N-methyl/N-ethyl adjacent to an activating group) is 1. The fraction of sp³-hybridized carbons (Fsp3) is 0.625. The standard InChI is InChI=1S/C16H27N3/c1-13(17-2)14-7-8-16-15(12-14)6-5-9-19(16)11-10-18(3)4/h7-8,12-13,17H,5-6,9-11H2,1-4H3. The van der Waals surface area contributed by atoms with E-state index in [1.165, 1.54) is 36.2 Å². The Hall–Kier alpha value is -1.06. The molecule has 0 saturated heterocycles. The van der Waals surface area contributed by atoms with Crippen molar-refractivity contribution in [1.29, 1.82) is 0 Å². The summed E-state index contributed by atoms with van der Waals surface area (Å²) in [6, 6.07) is 7.40. The Morgan fingerprint density at radius 3 is 2.84 bits per heavy atom. The van der Waals surface area contributed by atoms with Crippen LogP contribution in [0.25, 0.3) is 0 Å². The van der Waals surface area contributed by atoms with Crippen molar-refractivity contribution in [3.8, 4) is 0 Å². The van der Waals surface area contributed by atoms with E-state index in [1.54, 1.807) is 0 Å². The number of hydrogen-bond donors (Lipinski definition) is 1. The van der Waals surface area contributed by atoms with Crippen molar-refractivity contribution >= 4 is 5.69 Å². The summed E-state index contributed by atoms with van der Waals surface area (Å²) >= 11 is 0. The third kappa shape index (κ3) is 3.48. The maximum atomic E-state index is 3.32. The second kappa shape index (κ2) is 6.40. The first kappa shape index (κ1) is 14.4. The van der Waals surface area contributed by atoms with Crippen LogP contribution >= 0.6 is 0 Å². The Bertz CT molecular complexity index is 414. The van der Waals surface area contributed by atoms with Crippen molar-refractivity contribution in [3.63, 3.8) is 0 Å². The smallest absolute Gasteiger partial charge is 0.0399 e. The SMILES string of the molecule is CNC(C)c1ccc2c(c1)CCCN2CCN(C)C. The number of benzene rings is 1. The van der Waals surface area contributed by atoms with Crippen LogP contribution in [-0.4, -0.2) is 45.7 Å². The molecule has 1 aromatic rings. The minimum atomic E-state index is 0.433. The first-order valence-electron chi connectivity index (χ1n) is 7.31. The number of rotatable bonds is 5. The molecule has 2 rings (SSSR count). The van der Waals surface area contributed by atoms with E-state index in [0.29, 0.717) is 6.04 Å². The van der Waals surface area contributed by atoms with Crippen LogP contribution in [0.15, 0.2) is 18.2 Å². The van der Waals surface area contributed by atoms with Gasteiger partial charge in [0, 0.05) is 31.4 Å². The van der Waals surface area contributed by atoms with Crippen LogP contribution in [0.4, 0.5) is 5.69 Å². The van der Waals surface area contributed by atoms with Crippen LogP contribution in [0, 0.1) is 0 Å². The van der Waals surface area contributed by atoms with E-state index in [0.717, 1.165) is 13.1 Å². The largest absolute Gasteiger partial charge is 0.370 e. The van der Waals surface area contributed by atoms with Gasteiger partial charge < -0.3 is 15.1 Å². The fourth-order valence-corrected chi connectivity index (χ4v) is 2.68. The van der Waals surface area contributed by atoms with Gasteiger partial charge in [0.15, 0.2) is 0 Å². The molecule has 0 aliphatic carbocycles. The monoisotopic (exact) mass is 261 g/mol. The number of aryl methyl sites for hydroxylation is 1. The highest BCUT2D eigenvalue weighted by molar-refractivity contribution is 5.57. The van der Waals surface area contributed by atoms with E-state index in [4.69, 9.17) is 0 Å². The van der Waals surface area contributed by atoms with Crippen molar-refractivity contribution in [2.45, 2.75) is 25.8 Å². The minimum absolute atomic E-state index is 0.433. The normalized spacial score (nSPS) is 16.6. The fourth-order valence-electron chi connectivity index (χ4n) is 2.68. The van der Waals surface area contributed by atoms with Gasteiger partial charge in [0.05, 0.1) is 0 Å². The van der Waals surface area contributed by atoms with Gasteiger partial charge in [0.25, 0.3) is 0 Å². The first-order valence-corrected chi connectivity index (χ1v) is 7.31. The summed E-state index contributed by atoms with van der Waals surface area (Å²) < 4.78 is 0. The van der Waals surface area contributed by atoms with E-state index in [2.05, 4.69) is 54.3 Å². The Balaban J connectivity index is 2.16. The topological polar surface area (TPSA) is 18.5 Å². The predicted molar refractivity (Wildman–Crippen MR) is 83.0 cm³/mol. The molecule has 1 N–H and O–H groups in total. The molecule has 3 nitrogen and oxygen atoms in total. The van der Waals surface area contributed by atoms with Crippen LogP contribution < -0.4 is 10.2 Å². The molecule has 1 aliphatic rings. The van der Waals surface area contributed by atoms with Gasteiger partial charge in [-0.3, -0.25) is 0 Å². The highest BCUT2D eigenvalue weighted by Gasteiger charge is 2.17. The molecule has 1 aromatic carbocycles. The zero-order chi connectivity index (χ0) is 13.8. The summed E-state index contributed by atoms with van der Waals surface area (Å²) in [6.45, 7) is 5.66. The molecule has 0 aromatic heterocycles. The van der Waals surface area contributed by atoms with Crippen LogP contribution in [0.5, 0.6) is 0 Å². The van der Waals surface area contributed by atoms with Gasteiger partial charge in [-0.25, -0.2) is 0 Å². The Morgan fingerprint density at radius 2 is 2.16 bits per heavy atom. The predicted octanol–water partition coefficient (Wildman–Crippen LogP) is 2.28. The molecule has 1 aliphatic heterocycles. The van der Waals surface area contributed by atoms with Crippen LogP contribution in [0.3, 0.4) is 0 Å². The third-order valence-electron chi connectivity index (χ3n) is 4.07. The van der Waals surface area contributed by atoms with E-state index < -0.39 is 0 Å². The van der Waals surface area contributed by atoms with Crippen LogP contribution in [-0.2, 0) is 6.42 Å².